The van der Waals surface area contributed by atoms with E-state index in [0.29, 0.717) is 24.8 Å². The lowest BCUT2D eigenvalue weighted by atomic mass is 9.33. The van der Waals surface area contributed by atoms with Gasteiger partial charge in [0.25, 0.3) is 0 Å². The summed E-state index contributed by atoms with van der Waals surface area (Å²) in [6.07, 6.45) is 11.5. The molecule has 0 saturated heterocycles. The second kappa shape index (κ2) is 14.6. The number of carboxylic acids is 1. The molecule has 0 heterocycles. The number of hydrogen-bond donors (Lipinski definition) is 2. The highest BCUT2D eigenvalue weighted by molar-refractivity contribution is 6.00. The van der Waals surface area contributed by atoms with Gasteiger partial charge in [0.05, 0.1) is 17.9 Å². The first-order valence-electron chi connectivity index (χ1n) is 21.8. The number of ether oxygens (including phenoxy) is 1. The van der Waals surface area contributed by atoms with Crippen molar-refractivity contribution in [1.29, 1.82) is 0 Å². The van der Waals surface area contributed by atoms with Crippen molar-refractivity contribution in [1.82, 2.24) is 9.80 Å². The molecule has 8 nitrogen and oxygen atoms in total. The van der Waals surface area contributed by atoms with Crippen molar-refractivity contribution in [3.63, 3.8) is 0 Å². The van der Waals surface area contributed by atoms with Crippen LogP contribution in [-0.4, -0.2) is 90.2 Å². The van der Waals surface area contributed by atoms with Crippen LogP contribution in [0.4, 0.5) is 0 Å². The molecule has 8 heteroatoms. The van der Waals surface area contributed by atoms with E-state index in [4.69, 9.17) is 4.74 Å². The van der Waals surface area contributed by atoms with Crippen molar-refractivity contribution in [3.05, 3.63) is 11.1 Å². The number of aliphatic hydroxyl groups is 1. The zero-order valence-corrected chi connectivity index (χ0v) is 36.0. The number of nitrogens with zero attached hydrogens (tertiary/aromatic N) is 2. The minimum absolute atomic E-state index is 0.0135. The highest BCUT2D eigenvalue weighted by atomic mass is 16.5. The van der Waals surface area contributed by atoms with E-state index in [2.05, 4.69) is 72.4 Å². The number of carbonyl (C=O) groups excluding carboxylic acids is 2. The smallest absolute Gasteiger partial charge is 0.309 e. The Morgan fingerprint density at radius 1 is 0.889 bits per heavy atom. The summed E-state index contributed by atoms with van der Waals surface area (Å²) in [5, 5.41) is 22.2. The summed E-state index contributed by atoms with van der Waals surface area (Å²) in [7, 11) is 4.25. The highest BCUT2D eigenvalue weighted by Gasteiger charge is 2.71. The summed E-state index contributed by atoms with van der Waals surface area (Å²) >= 11 is 0. The molecule has 0 aliphatic heterocycles. The van der Waals surface area contributed by atoms with Crippen molar-refractivity contribution in [2.45, 2.75) is 158 Å². The van der Waals surface area contributed by atoms with Crippen molar-refractivity contribution >= 4 is 17.7 Å². The van der Waals surface area contributed by atoms with Crippen LogP contribution in [0.5, 0.6) is 0 Å². The maximum atomic E-state index is 14.2. The molecule has 0 aromatic heterocycles. The Morgan fingerprint density at radius 3 is 2.17 bits per heavy atom. The fourth-order valence-electron chi connectivity index (χ4n) is 14.0. The zero-order valence-electron chi connectivity index (χ0n) is 36.0. The molecule has 0 bridgehead atoms. The predicted molar refractivity (Wildman–Crippen MR) is 214 cm³/mol. The Kier molecular flexibility index (Phi) is 11.3. The van der Waals surface area contributed by atoms with Gasteiger partial charge in [-0.3, -0.25) is 19.3 Å². The molecule has 0 radical (unpaired) electrons. The fraction of sp³-hybridized carbons (Fsp3) is 0.891. The minimum Gasteiger partial charge on any atom is -0.481 e. The van der Waals surface area contributed by atoms with Crippen molar-refractivity contribution in [2.24, 2.45) is 62.1 Å². The van der Waals surface area contributed by atoms with Crippen LogP contribution in [0.3, 0.4) is 0 Å². The second-order valence-corrected chi connectivity index (χ2v) is 21.9. The minimum atomic E-state index is -1.16. The van der Waals surface area contributed by atoms with Crippen LogP contribution in [0.2, 0.25) is 0 Å². The van der Waals surface area contributed by atoms with Gasteiger partial charge in [-0.2, -0.15) is 0 Å². The van der Waals surface area contributed by atoms with Gasteiger partial charge < -0.3 is 19.8 Å². The number of carbonyl (C=O) groups is 3. The maximum Gasteiger partial charge on any atom is 0.309 e. The molecule has 0 spiro atoms. The van der Waals surface area contributed by atoms with Crippen molar-refractivity contribution in [2.75, 3.05) is 40.3 Å². The number of hydrogen-bond acceptors (Lipinski definition) is 7. The third kappa shape index (κ3) is 6.76. The summed E-state index contributed by atoms with van der Waals surface area (Å²) in [6.45, 7) is 23.5. The van der Waals surface area contributed by atoms with Gasteiger partial charge >= 0.3 is 11.9 Å². The summed E-state index contributed by atoms with van der Waals surface area (Å²) in [5.74, 6) is 0.937. The van der Waals surface area contributed by atoms with E-state index in [9.17, 15) is 24.6 Å². The van der Waals surface area contributed by atoms with Crippen LogP contribution in [0, 0.1) is 62.1 Å². The Morgan fingerprint density at radius 2 is 1.57 bits per heavy atom. The molecule has 0 aromatic carbocycles. The largest absolute Gasteiger partial charge is 0.481 e. The average molecular weight is 753 g/mol. The number of rotatable bonds is 13. The number of ketones is 1. The summed E-state index contributed by atoms with van der Waals surface area (Å²) < 4.78 is 6.19. The van der Waals surface area contributed by atoms with Crippen LogP contribution in [0.1, 0.15) is 146 Å². The first kappa shape index (κ1) is 41.9. The van der Waals surface area contributed by atoms with Gasteiger partial charge in [0.15, 0.2) is 5.78 Å². The van der Waals surface area contributed by atoms with Gasteiger partial charge in [0.2, 0.25) is 0 Å². The van der Waals surface area contributed by atoms with Crippen LogP contribution in [0.15, 0.2) is 11.1 Å². The van der Waals surface area contributed by atoms with Crippen molar-refractivity contribution < 1.29 is 29.3 Å². The Balaban J connectivity index is 1.28. The van der Waals surface area contributed by atoms with E-state index in [1.165, 1.54) is 24.8 Å². The van der Waals surface area contributed by atoms with E-state index in [-0.39, 0.29) is 51.8 Å². The summed E-state index contributed by atoms with van der Waals surface area (Å²) in [6, 6.07) is 0. The van der Waals surface area contributed by atoms with E-state index in [1.807, 2.05) is 0 Å². The van der Waals surface area contributed by atoms with Gasteiger partial charge in [-0.1, -0.05) is 60.5 Å². The Hall–Kier alpha value is -1.77. The summed E-state index contributed by atoms with van der Waals surface area (Å²) in [4.78, 5) is 43.9. The topological polar surface area (TPSA) is 107 Å². The van der Waals surface area contributed by atoms with Crippen LogP contribution < -0.4 is 0 Å². The van der Waals surface area contributed by atoms with E-state index < -0.39 is 28.9 Å². The Labute approximate surface area is 327 Å². The SMILES string of the molecule is CC(C)C1=C2[C@H]3CC[C@@H]4[C@@]5(C)CC[C@H](OC(=O)CC(C)(C)C(=O)O)C(C)(C)[C@@H]5CC[C@@]4(C)[C@]3(C)CCC2([C@H](O)CN(CCN(C)C)CC2CCC2)CC1=O. The standard InChI is InChI=1S/C46H76N2O6/c1-29(2)38-32(49)25-46(35(50)28-48(24-23-47(10)11)27-30-13-12-14-30)22-21-44(8)31(39(38)46)15-16-34-43(7)19-18-36(54-37(51)26-41(3,4)40(52)53)42(5,6)33(43)17-20-45(34,44)9/h29-31,33-36,50H,12-28H2,1-11H3,(H,52,53)/t31-,33+,34-,35-,36+,43+,44-,45-,46?/m1/s1. The molecule has 9 atom stereocenters. The number of carboxylic acid groups (broad SMARTS) is 1. The lowest BCUT2D eigenvalue weighted by Crippen LogP contribution is -2.66. The highest BCUT2D eigenvalue weighted by Crippen LogP contribution is 2.77. The number of fused-ring (bicyclic) bond motifs is 7. The first-order chi connectivity index (χ1) is 25.0. The monoisotopic (exact) mass is 753 g/mol. The van der Waals surface area contributed by atoms with Crippen LogP contribution in [-0.2, 0) is 19.1 Å². The van der Waals surface area contributed by atoms with Gasteiger partial charge in [-0.05, 0) is 144 Å². The fourth-order valence-corrected chi connectivity index (χ4v) is 14.0. The normalized spacial score (nSPS) is 38.5. The molecule has 0 aromatic rings. The van der Waals surface area contributed by atoms with E-state index >= 15 is 0 Å². The molecule has 6 rings (SSSR count). The number of aliphatic carboxylic acids is 1. The van der Waals surface area contributed by atoms with Crippen molar-refractivity contribution in [3.8, 4) is 0 Å². The lowest BCUT2D eigenvalue weighted by Gasteiger charge is -2.72. The number of allylic oxidation sites excluding steroid dienone is 1. The average Bonchev–Trinajstić information content (AvgIpc) is 3.36. The molecular weight excluding hydrogens is 677 g/mol. The van der Waals surface area contributed by atoms with Crippen LogP contribution >= 0.6 is 0 Å². The number of likely N-dealkylation sites (N-methyl/N-ethyl adjacent to an activating group) is 1. The van der Waals surface area contributed by atoms with Gasteiger partial charge in [0, 0.05) is 43.4 Å². The molecule has 6 aliphatic carbocycles. The molecule has 54 heavy (non-hydrogen) atoms. The van der Waals surface area contributed by atoms with Gasteiger partial charge in [0.1, 0.15) is 6.10 Å². The molecule has 2 N–H and O–H groups in total. The number of esters is 1. The quantitative estimate of drug-likeness (QED) is 0.181. The first-order valence-corrected chi connectivity index (χ1v) is 21.8. The number of aliphatic hydroxyl groups excluding tert-OH is 1. The molecule has 306 valence electrons. The van der Waals surface area contributed by atoms with Gasteiger partial charge in [-0.15, -0.1) is 0 Å². The molecule has 5 fully saturated rings. The second-order valence-electron chi connectivity index (χ2n) is 21.9. The van der Waals surface area contributed by atoms with E-state index in [1.54, 1.807) is 13.8 Å². The van der Waals surface area contributed by atoms with Crippen LogP contribution in [0.25, 0.3) is 0 Å². The maximum absolute atomic E-state index is 14.2. The molecule has 6 aliphatic rings. The molecule has 0 amide bonds. The van der Waals surface area contributed by atoms with E-state index in [0.717, 1.165) is 82.5 Å². The zero-order chi connectivity index (χ0) is 39.8. The molecular formula is C46H76N2O6. The third-order valence-electron chi connectivity index (χ3n) is 17.5. The molecule has 5 saturated carbocycles. The predicted octanol–water partition coefficient (Wildman–Crippen LogP) is 8.40. The third-order valence-corrected chi connectivity index (χ3v) is 17.5. The summed E-state index contributed by atoms with van der Waals surface area (Å²) in [5.41, 5.74) is 0.703. The Bertz CT molecular complexity index is 1500. The number of Topliss-reactive ketones (excluding diaryl/α,β-unsaturated/α-hetero) is 1. The lowest BCUT2D eigenvalue weighted by molar-refractivity contribution is -0.235. The molecule has 1 unspecified atom stereocenters. The van der Waals surface area contributed by atoms with Gasteiger partial charge in [-0.25, -0.2) is 0 Å².